The van der Waals surface area contributed by atoms with E-state index in [0.717, 1.165) is 34.7 Å². The van der Waals surface area contributed by atoms with Crippen LogP contribution >= 0.6 is 11.3 Å². The van der Waals surface area contributed by atoms with E-state index in [1.807, 2.05) is 29.8 Å². The second kappa shape index (κ2) is 11.6. The number of hydrogen-bond donors (Lipinski definition) is 1. The van der Waals surface area contributed by atoms with Crippen molar-refractivity contribution in [3.8, 4) is 5.75 Å². The number of methoxy groups -OCH3 is 1. The summed E-state index contributed by atoms with van der Waals surface area (Å²) < 4.78 is 5.68. The van der Waals surface area contributed by atoms with Gasteiger partial charge in [0.2, 0.25) is 0 Å². The molecule has 1 aliphatic heterocycles. The van der Waals surface area contributed by atoms with E-state index in [9.17, 15) is 4.79 Å². The van der Waals surface area contributed by atoms with Crippen molar-refractivity contribution in [3.05, 3.63) is 58.1 Å². The number of likely N-dealkylation sites (tertiary alicyclic amines) is 1. The van der Waals surface area contributed by atoms with Crippen LogP contribution in [0.1, 0.15) is 81.4 Å². The van der Waals surface area contributed by atoms with E-state index in [2.05, 4.69) is 58.0 Å². The minimum absolute atomic E-state index is 0.0494. The van der Waals surface area contributed by atoms with Crippen LogP contribution in [0.4, 0.5) is 0 Å². The standard InChI is InChI=1S/C26H36N2O2S.CH2O2/c1-16(2)13-19-15-20(17(3)4)23(24-27-11-12-31-24)28(19)25(29)18-9-10-21(26(5,6)7)22(14-18)30-8;2-1-3/h9-12,14,16,19-20,23H,3,13,15H2,1-2,4-8H3;1H,(H,2,3)/t19?,20?,23-;/m1./s1. The molecular formula is C27H38N2O4S. The SMILES string of the molecule is C=C(C)C1CC(CC(C)C)N(C(=O)c2ccc(C(C)(C)C)c(OC)c2)[C@H]1c1nccs1.O=CO. The largest absolute Gasteiger partial charge is 0.496 e. The summed E-state index contributed by atoms with van der Waals surface area (Å²) in [5, 5.41) is 9.87. The number of ether oxygens (including phenoxy) is 1. The van der Waals surface area contributed by atoms with Gasteiger partial charge in [-0.3, -0.25) is 9.59 Å². The molecule has 1 aromatic heterocycles. The molecule has 2 heterocycles. The van der Waals surface area contributed by atoms with Crippen molar-refractivity contribution in [1.82, 2.24) is 9.88 Å². The zero-order valence-electron chi connectivity index (χ0n) is 21.4. The van der Waals surface area contributed by atoms with Crippen molar-refractivity contribution in [2.45, 2.75) is 71.9 Å². The van der Waals surface area contributed by atoms with E-state index in [0.29, 0.717) is 11.5 Å². The smallest absolute Gasteiger partial charge is 0.290 e. The third kappa shape index (κ3) is 6.26. The summed E-state index contributed by atoms with van der Waals surface area (Å²) in [6.45, 7) is 17.0. The number of carbonyl (C=O) groups is 2. The van der Waals surface area contributed by atoms with Crippen molar-refractivity contribution in [1.29, 1.82) is 0 Å². The van der Waals surface area contributed by atoms with E-state index in [1.165, 1.54) is 0 Å². The Labute approximate surface area is 207 Å². The number of hydrogen-bond acceptors (Lipinski definition) is 5. The van der Waals surface area contributed by atoms with E-state index >= 15 is 0 Å². The average molecular weight is 487 g/mol. The monoisotopic (exact) mass is 486 g/mol. The molecule has 0 bridgehead atoms. The van der Waals surface area contributed by atoms with Crippen molar-refractivity contribution >= 4 is 23.7 Å². The van der Waals surface area contributed by atoms with Crippen molar-refractivity contribution in [2.24, 2.45) is 11.8 Å². The van der Waals surface area contributed by atoms with E-state index < -0.39 is 0 Å². The Balaban J connectivity index is 0.00000129. The first-order valence-corrected chi connectivity index (χ1v) is 12.5. The van der Waals surface area contributed by atoms with Gasteiger partial charge in [0, 0.05) is 29.1 Å². The molecule has 34 heavy (non-hydrogen) atoms. The topological polar surface area (TPSA) is 79.7 Å². The maximum absolute atomic E-state index is 14.0. The molecule has 6 nitrogen and oxygen atoms in total. The highest BCUT2D eigenvalue weighted by Crippen LogP contribution is 2.47. The van der Waals surface area contributed by atoms with Crippen molar-refractivity contribution in [2.75, 3.05) is 7.11 Å². The summed E-state index contributed by atoms with van der Waals surface area (Å²) in [6, 6.07) is 5.99. The van der Waals surface area contributed by atoms with Crippen LogP contribution < -0.4 is 4.74 Å². The van der Waals surface area contributed by atoms with Crippen LogP contribution in [0, 0.1) is 11.8 Å². The Bertz CT molecular complexity index is 979. The van der Waals surface area contributed by atoms with Crippen molar-refractivity contribution in [3.63, 3.8) is 0 Å². The lowest BCUT2D eigenvalue weighted by Crippen LogP contribution is -2.38. The fourth-order valence-corrected chi connectivity index (χ4v) is 5.54. The molecule has 1 fully saturated rings. The number of thiazole rings is 1. The summed E-state index contributed by atoms with van der Waals surface area (Å²) in [5.41, 5.74) is 2.82. The average Bonchev–Trinajstić information content (AvgIpc) is 3.40. The van der Waals surface area contributed by atoms with Gasteiger partial charge in [-0.25, -0.2) is 4.98 Å². The molecule has 0 spiro atoms. The molecule has 7 heteroatoms. The fraction of sp³-hybridized carbons (Fsp3) is 0.519. The molecule has 1 N–H and O–H groups in total. The van der Waals surface area contributed by atoms with E-state index in [4.69, 9.17) is 14.6 Å². The third-order valence-electron chi connectivity index (χ3n) is 6.17. The predicted molar refractivity (Wildman–Crippen MR) is 138 cm³/mol. The first-order valence-electron chi connectivity index (χ1n) is 11.6. The lowest BCUT2D eigenvalue weighted by Gasteiger charge is -2.32. The highest BCUT2D eigenvalue weighted by Gasteiger charge is 2.46. The second-order valence-electron chi connectivity index (χ2n) is 10.3. The lowest BCUT2D eigenvalue weighted by molar-refractivity contribution is -0.122. The Morgan fingerprint density at radius 2 is 2.03 bits per heavy atom. The molecule has 0 aliphatic carbocycles. The summed E-state index contributed by atoms with van der Waals surface area (Å²) in [6.07, 6.45) is 3.73. The number of benzene rings is 1. The number of aromatic nitrogens is 1. The molecule has 1 amide bonds. The second-order valence-corrected chi connectivity index (χ2v) is 11.2. The normalized spacial score (nSPS) is 20.0. The molecule has 186 valence electrons. The number of nitrogens with zero attached hydrogens (tertiary/aromatic N) is 2. The predicted octanol–water partition coefficient (Wildman–Crippen LogP) is 6.34. The first-order chi connectivity index (χ1) is 16.0. The van der Waals surface area contributed by atoms with Gasteiger partial charge in [0.05, 0.1) is 13.2 Å². The Morgan fingerprint density at radius 1 is 1.38 bits per heavy atom. The minimum Gasteiger partial charge on any atom is -0.496 e. The zero-order chi connectivity index (χ0) is 25.6. The minimum atomic E-state index is -0.250. The summed E-state index contributed by atoms with van der Waals surface area (Å²) >= 11 is 1.62. The highest BCUT2D eigenvalue weighted by molar-refractivity contribution is 7.09. The molecule has 3 atom stereocenters. The quantitative estimate of drug-likeness (QED) is 0.380. The molecule has 0 saturated carbocycles. The van der Waals surface area contributed by atoms with Crippen LogP contribution in [-0.2, 0) is 10.2 Å². The van der Waals surface area contributed by atoms with Crippen LogP contribution in [0.3, 0.4) is 0 Å². The van der Waals surface area contributed by atoms with Gasteiger partial charge in [0.1, 0.15) is 10.8 Å². The van der Waals surface area contributed by atoms with Crippen molar-refractivity contribution < 1.29 is 19.4 Å². The highest BCUT2D eigenvalue weighted by atomic mass is 32.1. The number of carbonyl (C=O) groups excluding carboxylic acids is 1. The molecular weight excluding hydrogens is 448 g/mol. The number of carboxylic acid groups (broad SMARTS) is 1. The number of amides is 1. The van der Waals surface area contributed by atoms with Crippen LogP contribution in [0.25, 0.3) is 0 Å². The van der Waals surface area contributed by atoms with Crippen LogP contribution in [0.2, 0.25) is 0 Å². The molecule has 1 saturated heterocycles. The summed E-state index contributed by atoms with van der Waals surface area (Å²) in [4.78, 5) is 29.0. The molecule has 2 unspecified atom stereocenters. The van der Waals surface area contributed by atoms with Gasteiger partial charge in [-0.15, -0.1) is 11.3 Å². The molecule has 1 aliphatic rings. The van der Waals surface area contributed by atoms with Gasteiger partial charge in [0.15, 0.2) is 0 Å². The van der Waals surface area contributed by atoms with Crippen LogP contribution in [-0.4, -0.2) is 40.5 Å². The van der Waals surface area contributed by atoms with Gasteiger partial charge in [-0.05, 0) is 48.8 Å². The third-order valence-corrected chi connectivity index (χ3v) is 7.02. The summed E-state index contributed by atoms with van der Waals surface area (Å²) in [7, 11) is 1.67. The molecule has 0 radical (unpaired) electrons. The maximum Gasteiger partial charge on any atom is 0.290 e. The van der Waals surface area contributed by atoms with Gasteiger partial charge in [-0.2, -0.15) is 0 Å². The first kappa shape index (κ1) is 27.6. The number of rotatable bonds is 6. The van der Waals surface area contributed by atoms with Gasteiger partial charge >= 0.3 is 0 Å². The molecule has 1 aromatic carbocycles. The molecule has 2 aromatic rings. The van der Waals surface area contributed by atoms with E-state index in [-0.39, 0.29) is 35.8 Å². The lowest BCUT2D eigenvalue weighted by atomic mass is 9.85. The maximum atomic E-state index is 14.0. The Morgan fingerprint density at radius 3 is 2.50 bits per heavy atom. The summed E-state index contributed by atoms with van der Waals surface area (Å²) in [5.74, 6) is 1.53. The van der Waals surface area contributed by atoms with Crippen LogP contribution in [0.5, 0.6) is 5.75 Å². The Hall–Kier alpha value is -2.67. The zero-order valence-corrected chi connectivity index (χ0v) is 22.2. The molecule has 3 rings (SSSR count). The van der Waals surface area contributed by atoms with Gasteiger partial charge in [-0.1, -0.05) is 52.8 Å². The fourth-order valence-electron chi connectivity index (χ4n) is 4.74. The van der Waals surface area contributed by atoms with Crippen LogP contribution in [0.15, 0.2) is 41.9 Å². The Kier molecular flexibility index (Phi) is 9.45. The van der Waals surface area contributed by atoms with Gasteiger partial charge in [0.25, 0.3) is 12.4 Å². The van der Waals surface area contributed by atoms with E-state index in [1.54, 1.807) is 18.4 Å². The van der Waals surface area contributed by atoms with Gasteiger partial charge < -0.3 is 14.7 Å².